The first-order chi connectivity index (χ1) is 12.6. The molecule has 27 heavy (non-hydrogen) atoms. The van der Waals surface area contributed by atoms with Crippen LogP contribution in [0.25, 0.3) is 0 Å². The highest BCUT2D eigenvalue weighted by Crippen LogP contribution is 2.28. The van der Waals surface area contributed by atoms with Crippen LogP contribution in [0.4, 0.5) is 23.2 Å². The topological polar surface area (TPSA) is 77.4 Å². The second-order valence-electron chi connectivity index (χ2n) is 5.21. The van der Waals surface area contributed by atoms with Crippen LogP contribution in [-0.4, -0.2) is 23.1 Å². The summed E-state index contributed by atoms with van der Waals surface area (Å²) in [5.74, 6) is -2.82. The largest absolute Gasteiger partial charge is 0.454 e. The van der Waals surface area contributed by atoms with Crippen LogP contribution in [0.2, 0.25) is 5.02 Å². The third-order valence-electron chi connectivity index (χ3n) is 3.18. The summed E-state index contributed by atoms with van der Waals surface area (Å²) in [7, 11) is 0. The number of anilines is 1. The maximum Gasteiger partial charge on any atom is 0.417 e. The Morgan fingerprint density at radius 2 is 1.89 bits per heavy atom. The van der Waals surface area contributed by atoms with Gasteiger partial charge in [0.05, 0.1) is 11.3 Å². The summed E-state index contributed by atoms with van der Waals surface area (Å²) in [6.45, 7) is -1.65. The van der Waals surface area contributed by atoms with Gasteiger partial charge in [-0.05, 0) is 24.3 Å². The van der Waals surface area contributed by atoms with Crippen LogP contribution in [0.15, 0.2) is 41.3 Å². The number of hydrogen-bond donors (Lipinski definition) is 1. The Morgan fingerprint density at radius 3 is 2.52 bits per heavy atom. The number of benzene rings is 1. The molecular weight excluding hydrogens is 396 g/mol. The first kappa shape index (κ1) is 20.4. The smallest absolute Gasteiger partial charge is 0.417 e. The third kappa shape index (κ3) is 5.81. The molecule has 11 heteroatoms. The number of esters is 1. The van der Waals surface area contributed by atoms with Crippen molar-refractivity contribution < 1.29 is 31.9 Å². The monoisotopic (exact) mass is 406 g/mol. The Kier molecular flexibility index (Phi) is 6.21. The summed E-state index contributed by atoms with van der Waals surface area (Å²) in [6.07, 6.45) is -4.23. The zero-order chi connectivity index (χ0) is 20.2. The number of ether oxygens (including phenoxy) is 1. The molecule has 0 aliphatic rings. The Morgan fingerprint density at radius 1 is 1.19 bits per heavy atom. The molecule has 6 nitrogen and oxygen atoms in total. The molecule has 2 rings (SSSR count). The molecule has 2 aromatic rings. The number of rotatable bonds is 5. The Hall–Kier alpha value is -2.88. The van der Waals surface area contributed by atoms with Gasteiger partial charge < -0.3 is 14.6 Å². The van der Waals surface area contributed by atoms with Gasteiger partial charge in [0.1, 0.15) is 12.4 Å². The molecule has 0 atom stereocenters. The van der Waals surface area contributed by atoms with E-state index in [0.29, 0.717) is 22.9 Å². The van der Waals surface area contributed by atoms with Crippen LogP contribution < -0.4 is 10.9 Å². The number of amides is 1. The lowest BCUT2D eigenvalue weighted by Crippen LogP contribution is -2.28. The molecule has 0 fully saturated rings. The Balaban J connectivity index is 1.94. The minimum Gasteiger partial charge on any atom is -0.454 e. The van der Waals surface area contributed by atoms with Crippen molar-refractivity contribution in [1.29, 1.82) is 0 Å². The molecule has 1 N–H and O–H groups in total. The van der Waals surface area contributed by atoms with Gasteiger partial charge in [-0.1, -0.05) is 11.6 Å². The normalized spacial score (nSPS) is 11.1. The molecule has 1 aromatic heterocycles. The molecule has 1 aromatic carbocycles. The van der Waals surface area contributed by atoms with Crippen molar-refractivity contribution in [3.63, 3.8) is 0 Å². The van der Waals surface area contributed by atoms with Gasteiger partial charge in [0.15, 0.2) is 6.61 Å². The number of pyridine rings is 1. The van der Waals surface area contributed by atoms with Crippen molar-refractivity contribution in [2.45, 2.75) is 12.7 Å². The van der Waals surface area contributed by atoms with E-state index in [4.69, 9.17) is 11.6 Å². The highest BCUT2D eigenvalue weighted by atomic mass is 35.5. The lowest BCUT2D eigenvalue weighted by molar-refractivity contribution is -0.148. The molecular formula is C16H11ClF4N2O4. The van der Waals surface area contributed by atoms with Crippen molar-refractivity contribution in [1.82, 2.24) is 4.57 Å². The van der Waals surface area contributed by atoms with Gasteiger partial charge in [-0.15, -0.1) is 0 Å². The number of halogens is 5. The summed E-state index contributed by atoms with van der Waals surface area (Å²) in [4.78, 5) is 34.8. The lowest BCUT2D eigenvalue weighted by Gasteiger charge is -2.11. The molecule has 1 heterocycles. The number of nitrogens with zero attached hydrogens (tertiary/aromatic N) is 1. The zero-order valence-corrected chi connectivity index (χ0v) is 14.1. The van der Waals surface area contributed by atoms with E-state index in [9.17, 15) is 31.9 Å². The maximum atomic E-state index is 13.5. The van der Waals surface area contributed by atoms with Gasteiger partial charge in [-0.25, -0.2) is 4.39 Å². The third-order valence-corrected chi connectivity index (χ3v) is 3.41. The SMILES string of the molecule is O=C(COC(=O)Cn1cc(C(F)(F)F)ccc1=O)Nc1ccc(Cl)cc1F. The van der Waals surface area contributed by atoms with Crippen molar-refractivity contribution in [2.24, 2.45) is 0 Å². The predicted molar refractivity (Wildman–Crippen MR) is 86.7 cm³/mol. The zero-order valence-electron chi connectivity index (χ0n) is 13.3. The number of hydrogen-bond acceptors (Lipinski definition) is 4. The molecule has 0 saturated heterocycles. The van der Waals surface area contributed by atoms with Crippen molar-refractivity contribution in [3.05, 3.63) is 63.3 Å². The fraction of sp³-hybridized carbons (Fsp3) is 0.188. The molecule has 0 radical (unpaired) electrons. The van der Waals surface area contributed by atoms with E-state index in [2.05, 4.69) is 10.1 Å². The Bertz CT molecular complexity index is 927. The summed E-state index contributed by atoms with van der Waals surface area (Å²) in [5.41, 5.74) is -2.17. The van der Waals surface area contributed by atoms with Gasteiger partial charge in [0.2, 0.25) is 0 Å². The molecule has 144 valence electrons. The second kappa shape index (κ2) is 8.21. The molecule has 0 aliphatic carbocycles. The number of alkyl halides is 3. The lowest BCUT2D eigenvalue weighted by atomic mass is 10.3. The van der Waals surface area contributed by atoms with E-state index in [0.717, 1.165) is 6.07 Å². The van der Waals surface area contributed by atoms with Crippen molar-refractivity contribution in [3.8, 4) is 0 Å². The average molecular weight is 407 g/mol. The van der Waals surface area contributed by atoms with E-state index in [-0.39, 0.29) is 10.7 Å². The summed E-state index contributed by atoms with van der Waals surface area (Å²) < 4.78 is 56.5. The molecule has 0 bridgehead atoms. The maximum absolute atomic E-state index is 13.5. The number of carbonyl (C=O) groups is 2. The van der Waals surface area contributed by atoms with Crippen LogP contribution in [0, 0.1) is 5.82 Å². The highest BCUT2D eigenvalue weighted by Gasteiger charge is 2.31. The van der Waals surface area contributed by atoms with E-state index in [1.807, 2.05) is 0 Å². The summed E-state index contributed by atoms with van der Waals surface area (Å²) in [5, 5.41) is 2.24. The van der Waals surface area contributed by atoms with Gasteiger partial charge in [-0.3, -0.25) is 14.4 Å². The molecule has 0 saturated carbocycles. The first-order valence-electron chi connectivity index (χ1n) is 7.24. The number of aromatic nitrogens is 1. The molecule has 0 spiro atoms. The standard InChI is InChI=1S/C16H11ClF4N2O4/c17-10-2-3-12(11(18)5-10)22-13(24)8-27-15(26)7-23-6-9(16(19,20)21)1-4-14(23)25/h1-6H,7-8H2,(H,22,24). The second-order valence-corrected chi connectivity index (χ2v) is 5.65. The minimum absolute atomic E-state index is 0.114. The van der Waals surface area contributed by atoms with Crippen LogP contribution in [0.1, 0.15) is 5.56 Å². The Labute approximate surface area is 154 Å². The van der Waals surface area contributed by atoms with E-state index in [1.165, 1.54) is 12.1 Å². The molecule has 0 unspecified atom stereocenters. The van der Waals surface area contributed by atoms with Gasteiger partial charge in [0.25, 0.3) is 11.5 Å². The first-order valence-corrected chi connectivity index (χ1v) is 7.62. The summed E-state index contributed by atoms with van der Waals surface area (Å²) >= 11 is 5.56. The van der Waals surface area contributed by atoms with E-state index < -0.39 is 48.1 Å². The van der Waals surface area contributed by atoms with Crippen LogP contribution in [-0.2, 0) is 27.0 Å². The van der Waals surface area contributed by atoms with Gasteiger partial charge >= 0.3 is 12.1 Å². The van der Waals surface area contributed by atoms with Gasteiger partial charge in [0, 0.05) is 17.3 Å². The summed E-state index contributed by atoms with van der Waals surface area (Å²) in [6, 6.07) is 4.72. The fourth-order valence-corrected chi connectivity index (χ4v) is 2.09. The van der Waals surface area contributed by atoms with E-state index >= 15 is 0 Å². The van der Waals surface area contributed by atoms with Crippen molar-refractivity contribution in [2.75, 3.05) is 11.9 Å². The predicted octanol–water partition coefficient (Wildman–Crippen LogP) is 2.84. The van der Waals surface area contributed by atoms with Crippen LogP contribution in [0.3, 0.4) is 0 Å². The quantitative estimate of drug-likeness (QED) is 0.612. The number of carbonyl (C=O) groups excluding carboxylic acids is 2. The number of nitrogens with one attached hydrogen (secondary N) is 1. The minimum atomic E-state index is -4.69. The van der Waals surface area contributed by atoms with Crippen LogP contribution >= 0.6 is 11.6 Å². The average Bonchev–Trinajstić information content (AvgIpc) is 2.56. The molecule has 1 amide bonds. The van der Waals surface area contributed by atoms with Gasteiger partial charge in [-0.2, -0.15) is 13.2 Å². The van der Waals surface area contributed by atoms with Crippen molar-refractivity contribution >= 4 is 29.2 Å². The fourth-order valence-electron chi connectivity index (χ4n) is 1.93. The highest BCUT2D eigenvalue weighted by molar-refractivity contribution is 6.30. The van der Waals surface area contributed by atoms with Crippen LogP contribution in [0.5, 0.6) is 0 Å². The molecule has 0 aliphatic heterocycles. The van der Waals surface area contributed by atoms with E-state index in [1.54, 1.807) is 0 Å².